The molecule has 1 N–H and O–H groups in total. The first-order chi connectivity index (χ1) is 9.40. The van der Waals surface area contributed by atoms with Crippen LogP contribution >= 0.6 is 11.6 Å². The van der Waals surface area contributed by atoms with Crippen LogP contribution in [-0.4, -0.2) is 34.6 Å². The molecule has 1 fully saturated rings. The van der Waals surface area contributed by atoms with Crippen molar-refractivity contribution in [3.63, 3.8) is 0 Å². The number of carbonyl (C=O) groups is 1. The van der Waals surface area contributed by atoms with Crippen LogP contribution in [0.5, 0.6) is 0 Å². The van der Waals surface area contributed by atoms with Crippen molar-refractivity contribution in [2.45, 2.75) is 45.3 Å². The first-order valence-corrected chi connectivity index (χ1v) is 7.52. The number of nitrogens with zero attached hydrogens (tertiary/aromatic N) is 1. The number of amides is 1. The van der Waals surface area contributed by atoms with Gasteiger partial charge in [0.25, 0.3) is 0 Å². The van der Waals surface area contributed by atoms with Crippen molar-refractivity contribution in [2.24, 2.45) is 5.92 Å². The fourth-order valence-corrected chi connectivity index (χ4v) is 2.83. The van der Waals surface area contributed by atoms with E-state index in [0.717, 1.165) is 12.0 Å². The number of aliphatic hydroxyl groups excluding tert-OH is 1. The highest BCUT2D eigenvalue weighted by Crippen LogP contribution is 2.49. The van der Waals surface area contributed by atoms with E-state index in [9.17, 15) is 9.90 Å². The zero-order chi connectivity index (χ0) is 14.9. The third kappa shape index (κ3) is 3.53. The molecule has 0 saturated heterocycles. The number of aliphatic hydroxyl groups is 1. The Morgan fingerprint density at radius 1 is 1.45 bits per heavy atom. The fourth-order valence-electron chi connectivity index (χ4n) is 2.63. The number of hydrogen-bond acceptors (Lipinski definition) is 2. The van der Waals surface area contributed by atoms with E-state index < -0.39 is 6.10 Å². The van der Waals surface area contributed by atoms with E-state index in [4.69, 9.17) is 11.6 Å². The lowest BCUT2D eigenvalue weighted by Crippen LogP contribution is -2.42. The third-order valence-electron chi connectivity index (χ3n) is 3.75. The van der Waals surface area contributed by atoms with Crippen LogP contribution in [0.15, 0.2) is 24.3 Å². The third-order valence-corrected chi connectivity index (χ3v) is 3.99. The molecule has 0 heterocycles. The van der Waals surface area contributed by atoms with E-state index in [0.29, 0.717) is 11.6 Å². The smallest absolute Gasteiger partial charge is 0.226 e. The van der Waals surface area contributed by atoms with Crippen LogP contribution in [0.3, 0.4) is 0 Å². The number of halogens is 1. The van der Waals surface area contributed by atoms with Gasteiger partial charge in [0.1, 0.15) is 0 Å². The number of benzene rings is 1. The topological polar surface area (TPSA) is 40.5 Å². The van der Waals surface area contributed by atoms with Gasteiger partial charge in [-0.15, -0.1) is 0 Å². The van der Waals surface area contributed by atoms with Crippen LogP contribution in [0.1, 0.15) is 38.7 Å². The summed E-state index contributed by atoms with van der Waals surface area (Å²) in [6, 6.07) is 7.84. The maximum absolute atomic E-state index is 12.5. The van der Waals surface area contributed by atoms with Crippen molar-refractivity contribution >= 4 is 17.5 Å². The van der Waals surface area contributed by atoms with Crippen molar-refractivity contribution in [3.05, 3.63) is 34.9 Å². The van der Waals surface area contributed by atoms with E-state index in [1.165, 1.54) is 0 Å². The summed E-state index contributed by atoms with van der Waals surface area (Å²) < 4.78 is 0. The SMILES string of the molecule is CC(O)CN(C(=O)C1CC1c1cccc(Cl)c1)C(C)C. The summed E-state index contributed by atoms with van der Waals surface area (Å²) in [6.45, 7) is 6.08. The molecule has 1 amide bonds. The maximum atomic E-state index is 12.5. The molecule has 110 valence electrons. The molecule has 1 saturated carbocycles. The highest BCUT2D eigenvalue weighted by molar-refractivity contribution is 6.30. The molecule has 3 nitrogen and oxygen atoms in total. The van der Waals surface area contributed by atoms with Crippen LogP contribution in [0.4, 0.5) is 0 Å². The van der Waals surface area contributed by atoms with Crippen LogP contribution in [-0.2, 0) is 4.79 Å². The van der Waals surface area contributed by atoms with E-state index >= 15 is 0 Å². The van der Waals surface area contributed by atoms with E-state index in [-0.39, 0.29) is 23.8 Å². The van der Waals surface area contributed by atoms with Gasteiger partial charge < -0.3 is 10.0 Å². The minimum absolute atomic E-state index is 0.0367. The Hall–Kier alpha value is -1.06. The predicted octanol–water partition coefficient (Wildman–Crippen LogP) is 3.06. The summed E-state index contributed by atoms with van der Waals surface area (Å²) in [5.41, 5.74) is 1.14. The molecule has 0 spiro atoms. The number of rotatable bonds is 5. The van der Waals surface area contributed by atoms with E-state index in [2.05, 4.69) is 0 Å². The monoisotopic (exact) mass is 295 g/mol. The summed E-state index contributed by atoms with van der Waals surface area (Å²) in [5.74, 6) is 0.456. The summed E-state index contributed by atoms with van der Waals surface area (Å²) in [5, 5.41) is 10.2. The second-order valence-corrected chi connectivity index (χ2v) is 6.37. The highest BCUT2D eigenvalue weighted by atomic mass is 35.5. The molecule has 3 unspecified atom stereocenters. The molecule has 0 bridgehead atoms. The second-order valence-electron chi connectivity index (χ2n) is 5.94. The second kappa shape index (κ2) is 6.15. The lowest BCUT2D eigenvalue weighted by atomic mass is 10.1. The summed E-state index contributed by atoms with van der Waals surface area (Å²) in [7, 11) is 0. The predicted molar refractivity (Wildman–Crippen MR) is 80.8 cm³/mol. The van der Waals surface area contributed by atoms with Gasteiger partial charge in [-0.25, -0.2) is 0 Å². The molecule has 1 aromatic carbocycles. The Labute approximate surface area is 125 Å². The van der Waals surface area contributed by atoms with Gasteiger partial charge in [-0.2, -0.15) is 0 Å². The average molecular weight is 296 g/mol. The molecule has 1 aromatic rings. The molecule has 0 aliphatic heterocycles. The van der Waals surface area contributed by atoms with Crippen LogP contribution in [0.2, 0.25) is 5.02 Å². The first kappa shape index (κ1) is 15.3. The minimum Gasteiger partial charge on any atom is -0.392 e. The molecular weight excluding hydrogens is 274 g/mol. The molecule has 0 radical (unpaired) electrons. The molecular formula is C16H22ClNO2. The van der Waals surface area contributed by atoms with E-state index in [1.807, 2.05) is 38.1 Å². The van der Waals surface area contributed by atoms with Gasteiger partial charge in [0.05, 0.1) is 6.10 Å². The molecule has 4 heteroatoms. The van der Waals surface area contributed by atoms with Crippen molar-refractivity contribution in [1.82, 2.24) is 4.90 Å². The van der Waals surface area contributed by atoms with Crippen molar-refractivity contribution in [2.75, 3.05) is 6.54 Å². The van der Waals surface area contributed by atoms with Crippen LogP contribution in [0, 0.1) is 5.92 Å². The van der Waals surface area contributed by atoms with Gasteiger partial charge in [-0.05, 0) is 50.8 Å². The highest BCUT2D eigenvalue weighted by Gasteiger charge is 2.46. The number of carbonyl (C=O) groups excluding carboxylic acids is 1. The Balaban J connectivity index is 2.04. The van der Waals surface area contributed by atoms with Gasteiger partial charge in [0.2, 0.25) is 5.91 Å². The average Bonchev–Trinajstić information content (AvgIpc) is 3.15. The Morgan fingerprint density at radius 3 is 2.70 bits per heavy atom. The molecule has 3 atom stereocenters. The van der Waals surface area contributed by atoms with Gasteiger partial charge >= 0.3 is 0 Å². The van der Waals surface area contributed by atoms with E-state index in [1.54, 1.807) is 11.8 Å². The zero-order valence-electron chi connectivity index (χ0n) is 12.2. The molecule has 1 aliphatic rings. The Morgan fingerprint density at radius 2 is 2.15 bits per heavy atom. The maximum Gasteiger partial charge on any atom is 0.226 e. The van der Waals surface area contributed by atoms with Crippen LogP contribution in [0.25, 0.3) is 0 Å². The summed E-state index contributed by atoms with van der Waals surface area (Å²) >= 11 is 6.00. The molecule has 2 rings (SSSR count). The zero-order valence-corrected chi connectivity index (χ0v) is 13.0. The lowest BCUT2D eigenvalue weighted by molar-refractivity contribution is -0.135. The standard InChI is InChI=1S/C16H22ClNO2/c1-10(2)18(9-11(3)19)16(20)15-8-14(15)12-5-4-6-13(17)7-12/h4-7,10-11,14-15,19H,8-9H2,1-3H3. The van der Waals surface area contributed by atoms with Crippen LogP contribution < -0.4 is 0 Å². The molecule has 20 heavy (non-hydrogen) atoms. The molecule has 1 aliphatic carbocycles. The van der Waals surface area contributed by atoms with Crippen molar-refractivity contribution in [1.29, 1.82) is 0 Å². The largest absolute Gasteiger partial charge is 0.392 e. The van der Waals surface area contributed by atoms with Gasteiger partial charge in [0, 0.05) is 23.5 Å². The van der Waals surface area contributed by atoms with Gasteiger partial charge in [-0.3, -0.25) is 4.79 Å². The lowest BCUT2D eigenvalue weighted by Gasteiger charge is -2.28. The van der Waals surface area contributed by atoms with Gasteiger partial charge in [0.15, 0.2) is 0 Å². The summed E-state index contributed by atoms with van der Waals surface area (Å²) in [6.07, 6.45) is 0.382. The first-order valence-electron chi connectivity index (χ1n) is 7.14. The van der Waals surface area contributed by atoms with Gasteiger partial charge in [-0.1, -0.05) is 23.7 Å². The minimum atomic E-state index is -0.496. The summed E-state index contributed by atoms with van der Waals surface area (Å²) in [4.78, 5) is 14.3. The van der Waals surface area contributed by atoms with Crippen molar-refractivity contribution in [3.8, 4) is 0 Å². The Bertz CT molecular complexity index is 487. The van der Waals surface area contributed by atoms with Crippen molar-refractivity contribution < 1.29 is 9.90 Å². The fraction of sp³-hybridized carbons (Fsp3) is 0.562. The number of hydrogen-bond donors (Lipinski definition) is 1. The normalized spacial score (nSPS) is 22.7. The molecule has 0 aromatic heterocycles. The Kier molecular flexibility index (Phi) is 4.71. The quantitative estimate of drug-likeness (QED) is 0.907.